The van der Waals surface area contributed by atoms with E-state index in [1.54, 1.807) is 22.3 Å². The fourth-order valence-corrected chi connectivity index (χ4v) is 56.8. The second kappa shape index (κ2) is 13.4. The second-order valence-electron chi connectivity index (χ2n) is 23.1. The van der Waals surface area contributed by atoms with Crippen molar-refractivity contribution < 1.29 is 0 Å². The molecule has 7 heteroatoms. The number of fused-ring (bicyclic) bond motifs is 3. The van der Waals surface area contributed by atoms with Crippen LogP contribution in [-0.2, 0) is 0 Å². The van der Waals surface area contributed by atoms with Crippen LogP contribution in [0.3, 0.4) is 0 Å². The average Bonchev–Trinajstić information content (AvgIpc) is 2.84. The van der Waals surface area contributed by atoms with E-state index in [0.717, 1.165) is 15.5 Å². The Labute approximate surface area is 312 Å². The molecule has 2 heterocycles. The van der Waals surface area contributed by atoms with Gasteiger partial charge in [0.05, 0.1) is 0 Å². The number of hydrogen-bond donors (Lipinski definition) is 0. The lowest BCUT2D eigenvalue weighted by Gasteiger charge is -2.52. The fourth-order valence-electron chi connectivity index (χ4n) is 12.1. The first-order valence-corrected chi connectivity index (χ1v) is 43.4. The first kappa shape index (κ1) is 41.2. The molecule has 0 saturated carbocycles. The Bertz CT molecular complexity index is 1510. The maximum Gasteiger partial charge on any atom is 0.122 e. The van der Waals surface area contributed by atoms with Crippen LogP contribution in [0.2, 0.25) is 124 Å². The van der Waals surface area contributed by atoms with Crippen molar-refractivity contribution in [2.45, 2.75) is 165 Å². The maximum absolute atomic E-state index is 2.97. The molecule has 0 amide bonds. The lowest BCUT2D eigenvalue weighted by Crippen LogP contribution is -2.62. The van der Waals surface area contributed by atoms with Crippen LogP contribution in [0.15, 0.2) is 53.2 Å². The normalized spacial score (nSPS) is 21.2. The lowest BCUT2D eigenvalue weighted by molar-refractivity contribution is 0.821. The average molecular weight is 778 g/mol. The lowest BCUT2D eigenvalue weighted by atomic mass is 9.97. The van der Waals surface area contributed by atoms with Gasteiger partial charge in [0, 0.05) is 48.4 Å². The van der Waals surface area contributed by atoms with Crippen LogP contribution >= 0.6 is 0 Å². The van der Waals surface area contributed by atoms with Crippen LogP contribution in [0.5, 0.6) is 0 Å². The van der Waals surface area contributed by atoms with Gasteiger partial charge in [0.2, 0.25) is 0 Å². The summed E-state index contributed by atoms with van der Waals surface area (Å²) in [7, 11) is -11.8. The van der Waals surface area contributed by atoms with Gasteiger partial charge in [0.15, 0.2) is 0 Å². The topological polar surface area (TPSA) is 0 Å². The zero-order chi connectivity index (χ0) is 37.5. The summed E-state index contributed by atoms with van der Waals surface area (Å²) in [4.78, 5) is 0. The molecule has 2 unspecified atom stereocenters. The Morgan fingerprint density at radius 2 is 0.959 bits per heavy atom. The predicted octanol–water partition coefficient (Wildman–Crippen LogP) is 13.5. The Morgan fingerprint density at radius 3 is 1.37 bits per heavy atom. The molecular formula is C42H76Si7. The fraction of sp³-hybridized carbons (Fsp3) is 0.619. The van der Waals surface area contributed by atoms with Gasteiger partial charge in [0.1, 0.15) is 8.07 Å². The van der Waals surface area contributed by atoms with Crippen molar-refractivity contribution >= 4 is 67.8 Å². The zero-order valence-corrected chi connectivity index (χ0v) is 42.8. The molecule has 2 atom stereocenters. The molecule has 2 aromatic rings. The van der Waals surface area contributed by atoms with Gasteiger partial charge in [-0.05, 0) is 80.4 Å². The SMILES string of the molecule is CC1=C(C)C[Si]2(c3c(C([Si](C)(C)C)[Si](C)(C)C)cc(C([Si](C)(C)C)[Si](C)(C)C)cc3C([Si](C)(C)C)[Si](C)(C)C)C=Cc3ccccc3C2C1. The van der Waals surface area contributed by atoms with Crippen LogP contribution in [0.4, 0.5) is 0 Å². The first-order chi connectivity index (χ1) is 21.9. The van der Waals surface area contributed by atoms with E-state index in [4.69, 9.17) is 0 Å². The van der Waals surface area contributed by atoms with Crippen molar-refractivity contribution in [2.24, 2.45) is 0 Å². The van der Waals surface area contributed by atoms with Crippen molar-refractivity contribution in [3.63, 3.8) is 0 Å². The highest BCUT2D eigenvalue weighted by atomic mass is 28.4. The van der Waals surface area contributed by atoms with Crippen molar-refractivity contribution in [3.05, 3.63) is 81.1 Å². The van der Waals surface area contributed by atoms with Crippen LogP contribution in [0, 0.1) is 0 Å². The van der Waals surface area contributed by atoms with Crippen LogP contribution in [0.25, 0.3) is 6.08 Å². The van der Waals surface area contributed by atoms with E-state index >= 15 is 0 Å². The minimum Gasteiger partial charge on any atom is -0.0886 e. The third kappa shape index (κ3) is 8.18. The molecule has 49 heavy (non-hydrogen) atoms. The van der Waals surface area contributed by atoms with Gasteiger partial charge in [-0.3, -0.25) is 0 Å². The van der Waals surface area contributed by atoms with E-state index in [1.807, 2.05) is 16.3 Å². The zero-order valence-electron chi connectivity index (χ0n) is 35.8. The summed E-state index contributed by atoms with van der Waals surface area (Å²) >= 11 is 0. The van der Waals surface area contributed by atoms with E-state index in [0.29, 0.717) is 5.54 Å². The highest BCUT2D eigenvalue weighted by Crippen LogP contribution is 2.52. The summed E-state index contributed by atoms with van der Waals surface area (Å²) in [5.41, 5.74) is 15.6. The van der Waals surface area contributed by atoms with Gasteiger partial charge in [-0.25, -0.2) is 0 Å². The molecule has 2 aliphatic rings. The highest BCUT2D eigenvalue weighted by Gasteiger charge is 2.54. The van der Waals surface area contributed by atoms with Gasteiger partial charge in [-0.1, -0.05) is 177 Å². The van der Waals surface area contributed by atoms with E-state index in [2.05, 4.69) is 180 Å². The quantitative estimate of drug-likeness (QED) is 0.167. The minimum absolute atomic E-state index is 0.623. The molecule has 272 valence electrons. The third-order valence-corrected chi connectivity index (χ3v) is 45.2. The second-order valence-corrected chi connectivity index (χ2v) is 60.6. The smallest absolute Gasteiger partial charge is 0.0886 e. The van der Waals surface area contributed by atoms with Gasteiger partial charge in [-0.15, -0.1) is 0 Å². The Morgan fingerprint density at radius 1 is 0.551 bits per heavy atom. The third-order valence-electron chi connectivity index (χ3n) is 12.2. The van der Waals surface area contributed by atoms with Crippen molar-refractivity contribution in [1.82, 2.24) is 0 Å². The molecule has 0 bridgehead atoms. The van der Waals surface area contributed by atoms with E-state index < -0.39 is 56.5 Å². The summed E-state index contributed by atoms with van der Waals surface area (Å²) in [5.74, 6) is 0. The van der Waals surface area contributed by atoms with Crippen molar-refractivity contribution in [1.29, 1.82) is 0 Å². The molecule has 2 aliphatic heterocycles. The molecule has 0 spiro atoms. The van der Waals surface area contributed by atoms with Gasteiger partial charge >= 0.3 is 0 Å². The summed E-state index contributed by atoms with van der Waals surface area (Å²) < 4.78 is 0. The molecule has 0 aromatic heterocycles. The monoisotopic (exact) mass is 776 g/mol. The number of hydrogen-bond acceptors (Lipinski definition) is 0. The molecule has 0 fully saturated rings. The minimum atomic E-state index is -2.24. The largest absolute Gasteiger partial charge is 0.122 e. The number of allylic oxidation sites excluding steroid dienone is 2. The molecule has 0 nitrogen and oxygen atoms in total. The molecule has 4 rings (SSSR count). The van der Waals surface area contributed by atoms with Crippen LogP contribution in [-0.4, -0.2) is 56.5 Å². The predicted molar refractivity (Wildman–Crippen MR) is 246 cm³/mol. The van der Waals surface area contributed by atoms with E-state index in [1.165, 1.54) is 18.0 Å². The van der Waals surface area contributed by atoms with E-state index in [9.17, 15) is 0 Å². The van der Waals surface area contributed by atoms with Crippen molar-refractivity contribution in [3.8, 4) is 0 Å². The summed E-state index contributed by atoms with van der Waals surface area (Å²) in [6.45, 7) is 53.9. The van der Waals surface area contributed by atoms with Crippen LogP contribution in [0.1, 0.15) is 69.1 Å². The number of rotatable bonds is 10. The Balaban J connectivity index is 2.39. The molecule has 2 aromatic carbocycles. The summed E-state index contributed by atoms with van der Waals surface area (Å²) in [6, 6.07) is 16.8. The Hall–Kier alpha value is -0.562. The highest BCUT2D eigenvalue weighted by molar-refractivity contribution is 7.02. The molecule has 0 N–H and O–H groups in total. The standard InChI is InChI=1S/C42H76Si7/c1-31-27-38-35-24-22-21-23-33(35)25-26-49(38,30-32(31)2)39-36(41(45(9,10)11)46(12,13)14)28-34(40(43(3,4)5)44(6,7)8)29-37(39)42(47(15,16)17)48(18,19)20/h21-26,28-29,38,40-42H,27,30H2,1-20H3. The van der Waals surface area contributed by atoms with Crippen LogP contribution < -0.4 is 5.19 Å². The Kier molecular flexibility index (Phi) is 11.3. The van der Waals surface area contributed by atoms with E-state index in [-0.39, 0.29) is 0 Å². The number of benzene rings is 2. The van der Waals surface area contributed by atoms with Gasteiger partial charge < -0.3 is 0 Å². The summed E-state index contributed by atoms with van der Waals surface area (Å²) in [6.07, 6.45) is 3.86. The molecule has 0 radical (unpaired) electrons. The first-order valence-electron chi connectivity index (χ1n) is 19.5. The molecular weight excluding hydrogens is 701 g/mol. The van der Waals surface area contributed by atoms with Gasteiger partial charge in [0.25, 0.3) is 0 Å². The summed E-state index contributed by atoms with van der Waals surface area (Å²) in [5, 5.41) is 4.20. The maximum atomic E-state index is 2.97. The van der Waals surface area contributed by atoms with Gasteiger partial charge in [-0.2, -0.15) is 0 Å². The molecule has 0 saturated heterocycles. The van der Waals surface area contributed by atoms with Crippen molar-refractivity contribution in [2.75, 3.05) is 0 Å². The molecule has 0 aliphatic carbocycles.